The van der Waals surface area contributed by atoms with E-state index in [0.717, 1.165) is 11.3 Å². The number of hydrogen-bond donors (Lipinski definition) is 2. The van der Waals surface area contributed by atoms with Crippen molar-refractivity contribution in [3.8, 4) is 11.5 Å². The molecule has 0 heterocycles. The number of ether oxygens (including phenoxy) is 1. The average molecular weight is 275 g/mol. The van der Waals surface area contributed by atoms with Gasteiger partial charge in [-0.25, -0.2) is 4.39 Å². The third-order valence-electron chi connectivity index (χ3n) is 2.71. The number of nitrogens with one attached hydrogen (secondary N) is 1. The predicted octanol–water partition coefficient (Wildman–Crippen LogP) is 3.93. The van der Waals surface area contributed by atoms with Crippen molar-refractivity contribution in [1.82, 2.24) is 0 Å². The Morgan fingerprint density at radius 1 is 1.20 bits per heavy atom. The van der Waals surface area contributed by atoms with Crippen LogP contribution in [-0.4, -0.2) is 11.2 Å². The lowest BCUT2D eigenvalue weighted by Gasteiger charge is -2.12. The molecule has 2 rings (SSSR count). The normalized spacial score (nSPS) is 10.6. The number of phenolic OH excluding ortho intramolecular Hbond substituents is 1. The Hall–Kier alpha value is -2.23. The molecule has 0 saturated heterocycles. The molecule has 2 aromatic rings. The molecule has 0 aromatic heterocycles. The topological polar surface area (TPSA) is 41.5 Å². The maximum Gasteiger partial charge on any atom is 0.166 e. The lowest BCUT2D eigenvalue weighted by molar-refractivity contribution is 0.242. The van der Waals surface area contributed by atoms with Gasteiger partial charge in [0.1, 0.15) is 5.75 Å². The first-order valence-electron chi connectivity index (χ1n) is 6.52. The van der Waals surface area contributed by atoms with Gasteiger partial charge in [-0.15, -0.1) is 0 Å². The molecule has 0 amide bonds. The predicted molar refractivity (Wildman–Crippen MR) is 77.6 cm³/mol. The Labute approximate surface area is 118 Å². The molecule has 0 unspecified atom stereocenters. The Kier molecular flexibility index (Phi) is 4.45. The van der Waals surface area contributed by atoms with Gasteiger partial charge in [-0.1, -0.05) is 12.1 Å². The summed E-state index contributed by atoms with van der Waals surface area (Å²) in [6.07, 6.45) is 0.129. The second-order valence-electron chi connectivity index (χ2n) is 4.83. The molecule has 2 N–H and O–H groups in total. The zero-order chi connectivity index (χ0) is 14.5. The monoisotopic (exact) mass is 275 g/mol. The average Bonchev–Trinajstić information content (AvgIpc) is 2.40. The fourth-order valence-electron chi connectivity index (χ4n) is 1.82. The van der Waals surface area contributed by atoms with Crippen molar-refractivity contribution in [2.75, 3.05) is 5.32 Å². The van der Waals surface area contributed by atoms with Gasteiger partial charge in [0.05, 0.1) is 6.10 Å². The maximum absolute atomic E-state index is 13.2. The van der Waals surface area contributed by atoms with E-state index >= 15 is 0 Å². The summed E-state index contributed by atoms with van der Waals surface area (Å²) < 4.78 is 18.8. The lowest BCUT2D eigenvalue weighted by atomic mass is 10.2. The summed E-state index contributed by atoms with van der Waals surface area (Å²) >= 11 is 0. The molecule has 0 fully saturated rings. The Bertz CT molecular complexity index is 584. The van der Waals surface area contributed by atoms with Gasteiger partial charge in [0.2, 0.25) is 0 Å². The molecule has 2 aromatic carbocycles. The van der Waals surface area contributed by atoms with Crippen molar-refractivity contribution in [3.63, 3.8) is 0 Å². The molecule has 3 nitrogen and oxygen atoms in total. The van der Waals surface area contributed by atoms with Crippen molar-refractivity contribution in [2.24, 2.45) is 0 Å². The maximum atomic E-state index is 13.2. The summed E-state index contributed by atoms with van der Waals surface area (Å²) in [5.41, 5.74) is 1.66. The SMILES string of the molecule is CC(C)Oc1cccc(CNc2ccc(O)c(F)c2)c1. The highest BCUT2D eigenvalue weighted by Gasteiger charge is 2.02. The van der Waals surface area contributed by atoms with E-state index in [0.29, 0.717) is 12.2 Å². The highest BCUT2D eigenvalue weighted by Crippen LogP contribution is 2.21. The van der Waals surface area contributed by atoms with E-state index in [4.69, 9.17) is 9.84 Å². The molecule has 20 heavy (non-hydrogen) atoms. The smallest absolute Gasteiger partial charge is 0.166 e. The minimum Gasteiger partial charge on any atom is -0.505 e. The van der Waals surface area contributed by atoms with Crippen LogP contribution < -0.4 is 10.1 Å². The van der Waals surface area contributed by atoms with Gasteiger partial charge < -0.3 is 15.2 Å². The lowest BCUT2D eigenvalue weighted by Crippen LogP contribution is -2.06. The highest BCUT2D eigenvalue weighted by atomic mass is 19.1. The van der Waals surface area contributed by atoms with Crippen LogP contribution in [-0.2, 0) is 6.54 Å². The molecule has 0 spiro atoms. The molecule has 0 saturated carbocycles. The number of anilines is 1. The van der Waals surface area contributed by atoms with Crippen molar-refractivity contribution < 1.29 is 14.2 Å². The summed E-state index contributed by atoms with van der Waals surface area (Å²) in [6.45, 7) is 4.51. The molecule has 0 aliphatic rings. The second-order valence-corrected chi connectivity index (χ2v) is 4.83. The van der Waals surface area contributed by atoms with Gasteiger partial charge in [-0.05, 0) is 43.7 Å². The minimum absolute atomic E-state index is 0.129. The fourth-order valence-corrected chi connectivity index (χ4v) is 1.82. The van der Waals surface area contributed by atoms with Gasteiger partial charge in [-0.2, -0.15) is 0 Å². The third-order valence-corrected chi connectivity index (χ3v) is 2.71. The number of benzene rings is 2. The molecule has 0 aliphatic carbocycles. The molecule has 106 valence electrons. The summed E-state index contributed by atoms with van der Waals surface area (Å²) in [5.74, 6) is -0.161. The molecule has 0 aliphatic heterocycles. The van der Waals surface area contributed by atoms with Crippen molar-refractivity contribution >= 4 is 5.69 Å². The van der Waals surface area contributed by atoms with Gasteiger partial charge in [0, 0.05) is 18.3 Å². The fraction of sp³-hybridized carbons (Fsp3) is 0.250. The van der Waals surface area contributed by atoms with E-state index in [1.54, 1.807) is 6.07 Å². The van der Waals surface area contributed by atoms with Crippen LogP contribution in [0, 0.1) is 5.82 Å². The molecular weight excluding hydrogens is 257 g/mol. The van der Waals surface area contributed by atoms with Crippen LogP contribution in [0.1, 0.15) is 19.4 Å². The first-order chi connectivity index (χ1) is 9.54. The third kappa shape index (κ3) is 3.88. The Balaban J connectivity index is 2.01. The second kappa shape index (κ2) is 6.28. The summed E-state index contributed by atoms with van der Waals surface area (Å²) in [6, 6.07) is 12.0. The summed E-state index contributed by atoms with van der Waals surface area (Å²) in [4.78, 5) is 0. The van der Waals surface area contributed by atoms with Gasteiger partial charge >= 0.3 is 0 Å². The zero-order valence-electron chi connectivity index (χ0n) is 11.6. The van der Waals surface area contributed by atoms with E-state index in [1.807, 2.05) is 38.1 Å². The first kappa shape index (κ1) is 14.2. The Morgan fingerprint density at radius 2 is 2.00 bits per heavy atom. The van der Waals surface area contributed by atoms with Crippen LogP contribution in [0.5, 0.6) is 11.5 Å². The number of rotatable bonds is 5. The standard InChI is InChI=1S/C16H18FNO2/c1-11(2)20-14-5-3-4-12(8-14)10-18-13-6-7-16(19)15(17)9-13/h3-9,11,18-19H,10H2,1-2H3. The molecule has 0 atom stereocenters. The number of phenols is 1. The van der Waals surface area contributed by atoms with Crippen LogP contribution in [0.3, 0.4) is 0 Å². The van der Waals surface area contributed by atoms with Crippen LogP contribution in [0.4, 0.5) is 10.1 Å². The quantitative estimate of drug-likeness (QED) is 0.812. The number of halogens is 1. The molecule has 0 bridgehead atoms. The highest BCUT2D eigenvalue weighted by molar-refractivity contribution is 5.47. The van der Waals surface area contributed by atoms with Crippen LogP contribution in [0.25, 0.3) is 0 Å². The number of aromatic hydroxyl groups is 1. The minimum atomic E-state index is -0.633. The van der Waals surface area contributed by atoms with Crippen molar-refractivity contribution in [3.05, 3.63) is 53.8 Å². The molecule has 0 radical (unpaired) electrons. The van der Waals surface area contributed by atoms with Crippen molar-refractivity contribution in [2.45, 2.75) is 26.5 Å². The van der Waals surface area contributed by atoms with E-state index in [-0.39, 0.29) is 11.9 Å². The van der Waals surface area contributed by atoms with Crippen LogP contribution in [0.15, 0.2) is 42.5 Å². The van der Waals surface area contributed by atoms with E-state index in [9.17, 15) is 4.39 Å². The largest absolute Gasteiger partial charge is 0.505 e. The molecule has 4 heteroatoms. The van der Waals surface area contributed by atoms with E-state index < -0.39 is 5.82 Å². The summed E-state index contributed by atoms with van der Waals surface area (Å²) in [7, 11) is 0. The molecular formula is C16H18FNO2. The van der Waals surface area contributed by atoms with Gasteiger partial charge in [-0.3, -0.25) is 0 Å². The van der Waals surface area contributed by atoms with Crippen molar-refractivity contribution in [1.29, 1.82) is 0 Å². The first-order valence-corrected chi connectivity index (χ1v) is 6.52. The van der Waals surface area contributed by atoms with E-state index in [2.05, 4.69) is 5.32 Å². The van der Waals surface area contributed by atoms with Gasteiger partial charge in [0.15, 0.2) is 11.6 Å². The van der Waals surface area contributed by atoms with Gasteiger partial charge in [0.25, 0.3) is 0 Å². The summed E-state index contributed by atoms with van der Waals surface area (Å²) in [5, 5.41) is 12.2. The van der Waals surface area contributed by atoms with Crippen LogP contribution in [0.2, 0.25) is 0 Å². The number of hydrogen-bond acceptors (Lipinski definition) is 3. The Morgan fingerprint density at radius 3 is 2.70 bits per heavy atom. The van der Waals surface area contributed by atoms with E-state index in [1.165, 1.54) is 12.1 Å². The zero-order valence-corrected chi connectivity index (χ0v) is 11.6. The van der Waals surface area contributed by atoms with Crippen LogP contribution >= 0.6 is 0 Å².